The largest absolute Gasteiger partial charge is 0.483 e. The van der Waals surface area contributed by atoms with Crippen molar-refractivity contribution in [2.45, 2.75) is 0 Å². The third kappa shape index (κ3) is 5.97. The van der Waals surface area contributed by atoms with E-state index >= 15 is 0 Å². The molecular formula is C16H20N4O6S2. The number of benzene rings is 1. The van der Waals surface area contributed by atoms with Crippen molar-refractivity contribution in [2.75, 3.05) is 43.4 Å². The standard InChI is InChI=1S/C15H18N4O4S2.CH2O2/c1-25(21,22)19(11-13(20)18-7-9-23-10-8-18)15-17-16-14(24-15)12-5-3-2-4-6-12;2-1-3/h2-6H,7-11H2,1H3;1H,(H,2,3). The summed E-state index contributed by atoms with van der Waals surface area (Å²) < 4.78 is 30.6. The molecule has 2 heterocycles. The molecule has 2 aromatic rings. The van der Waals surface area contributed by atoms with Crippen molar-refractivity contribution in [1.29, 1.82) is 0 Å². The molecule has 0 aliphatic carbocycles. The SMILES string of the molecule is CS(=O)(=O)N(CC(=O)N1CCOCC1)c1nnc(-c2ccccc2)s1.O=CO. The van der Waals surface area contributed by atoms with E-state index in [1.807, 2.05) is 30.3 Å². The number of rotatable bonds is 5. The van der Waals surface area contributed by atoms with Gasteiger partial charge in [0.25, 0.3) is 6.47 Å². The molecule has 1 saturated heterocycles. The smallest absolute Gasteiger partial charge is 0.290 e. The highest BCUT2D eigenvalue weighted by molar-refractivity contribution is 7.92. The minimum atomic E-state index is -3.66. The Kier molecular flexibility index (Phi) is 7.84. The molecule has 152 valence electrons. The summed E-state index contributed by atoms with van der Waals surface area (Å²) in [4.78, 5) is 22.4. The third-order valence-corrected chi connectivity index (χ3v) is 5.90. The topological polar surface area (TPSA) is 130 Å². The summed E-state index contributed by atoms with van der Waals surface area (Å²) in [5.74, 6) is -0.273. The number of carbonyl (C=O) groups excluding carboxylic acids is 1. The normalized spacial score (nSPS) is 14.0. The number of hydrogen-bond acceptors (Lipinski definition) is 8. The summed E-state index contributed by atoms with van der Waals surface area (Å²) in [5.41, 5.74) is 0.846. The van der Waals surface area contributed by atoms with Gasteiger partial charge in [-0.3, -0.25) is 9.59 Å². The van der Waals surface area contributed by atoms with E-state index in [0.717, 1.165) is 27.5 Å². The van der Waals surface area contributed by atoms with Crippen LogP contribution in [0.4, 0.5) is 5.13 Å². The maximum Gasteiger partial charge on any atom is 0.290 e. The second-order valence-electron chi connectivity index (χ2n) is 5.62. The zero-order valence-corrected chi connectivity index (χ0v) is 16.7. The van der Waals surface area contributed by atoms with Crippen molar-refractivity contribution in [3.05, 3.63) is 30.3 Å². The molecule has 1 aliphatic rings. The first-order chi connectivity index (χ1) is 13.4. The van der Waals surface area contributed by atoms with Gasteiger partial charge in [0.15, 0.2) is 0 Å². The van der Waals surface area contributed by atoms with Gasteiger partial charge in [-0.25, -0.2) is 12.7 Å². The van der Waals surface area contributed by atoms with Crippen LogP contribution in [0.25, 0.3) is 10.6 Å². The number of sulfonamides is 1. The van der Waals surface area contributed by atoms with Crippen LogP contribution < -0.4 is 4.31 Å². The van der Waals surface area contributed by atoms with Crippen LogP contribution in [0.2, 0.25) is 0 Å². The minimum absolute atomic E-state index is 0.183. The first-order valence-corrected chi connectivity index (χ1v) is 10.8. The number of ether oxygens (including phenoxy) is 1. The highest BCUT2D eigenvalue weighted by atomic mass is 32.2. The number of morpholine rings is 1. The average molecular weight is 428 g/mol. The molecule has 0 unspecified atom stereocenters. The van der Waals surface area contributed by atoms with E-state index in [4.69, 9.17) is 14.6 Å². The van der Waals surface area contributed by atoms with Gasteiger partial charge in [-0.05, 0) is 0 Å². The van der Waals surface area contributed by atoms with Crippen LogP contribution in [0.1, 0.15) is 0 Å². The van der Waals surface area contributed by atoms with Crippen LogP contribution in [0.5, 0.6) is 0 Å². The Hall–Kier alpha value is -2.57. The zero-order chi connectivity index (χ0) is 20.6. The zero-order valence-electron chi connectivity index (χ0n) is 15.1. The molecule has 1 amide bonds. The summed E-state index contributed by atoms with van der Waals surface area (Å²) in [7, 11) is -3.66. The minimum Gasteiger partial charge on any atom is -0.483 e. The van der Waals surface area contributed by atoms with Gasteiger partial charge >= 0.3 is 0 Å². The Bertz CT molecular complexity index is 882. The lowest BCUT2D eigenvalue weighted by atomic mass is 10.2. The molecule has 1 aromatic carbocycles. The molecule has 0 saturated carbocycles. The third-order valence-electron chi connectivity index (χ3n) is 3.69. The number of anilines is 1. The lowest BCUT2D eigenvalue weighted by Gasteiger charge is -2.28. The highest BCUT2D eigenvalue weighted by Gasteiger charge is 2.27. The predicted molar refractivity (Wildman–Crippen MR) is 104 cm³/mol. The summed E-state index contributed by atoms with van der Waals surface area (Å²) in [5, 5.41) is 15.7. The van der Waals surface area contributed by atoms with Crippen molar-refractivity contribution in [3.63, 3.8) is 0 Å². The fourth-order valence-corrected chi connectivity index (χ4v) is 4.32. The Balaban J connectivity index is 0.000000878. The molecule has 12 heteroatoms. The van der Waals surface area contributed by atoms with E-state index in [1.54, 1.807) is 4.90 Å². The molecule has 28 heavy (non-hydrogen) atoms. The van der Waals surface area contributed by atoms with E-state index in [-0.39, 0.29) is 24.1 Å². The van der Waals surface area contributed by atoms with Gasteiger partial charge in [-0.2, -0.15) is 0 Å². The Morgan fingerprint density at radius 1 is 1.29 bits per heavy atom. The van der Waals surface area contributed by atoms with Gasteiger partial charge in [-0.15, -0.1) is 10.2 Å². The lowest BCUT2D eigenvalue weighted by molar-refractivity contribution is -0.133. The number of carboxylic acid groups (broad SMARTS) is 1. The summed E-state index contributed by atoms with van der Waals surface area (Å²) in [6, 6.07) is 9.36. The van der Waals surface area contributed by atoms with Crippen LogP contribution in [0, 0.1) is 0 Å². The van der Waals surface area contributed by atoms with Gasteiger partial charge < -0.3 is 14.7 Å². The van der Waals surface area contributed by atoms with Crippen LogP contribution in [-0.2, 0) is 24.3 Å². The summed E-state index contributed by atoms with van der Waals surface area (Å²) >= 11 is 1.14. The second kappa shape index (κ2) is 10.1. The van der Waals surface area contributed by atoms with Crippen molar-refractivity contribution in [1.82, 2.24) is 15.1 Å². The quantitative estimate of drug-likeness (QED) is 0.683. The van der Waals surface area contributed by atoms with E-state index in [2.05, 4.69) is 10.2 Å². The number of hydrogen-bond donors (Lipinski definition) is 1. The van der Waals surface area contributed by atoms with Crippen LogP contribution >= 0.6 is 11.3 Å². The predicted octanol–water partition coefficient (Wildman–Crippen LogP) is 0.531. The molecule has 3 rings (SSSR count). The van der Waals surface area contributed by atoms with Crippen molar-refractivity contribution >= 4 is 38.9 Å². The van der Waals surface area contributed by atoms with Gasteiger partial charge in [0.05, 0.1) is 19.5 Å². The van der Waals surface area contributed by atoms with E-state index < -0.39 is 10.0 Å². The number of aromatic nitrogens is 2. The van der Waals surface area contributed by atoms with E-state index in [9.17, 15) is 13.2 Å². The maximum absolute atomic E-state index is 12.4. The van der Waals surface area contributed by atoms with Gasteiger partial charge in [0, 0.05) is 18.7 Å². The molecule has 1 aromatic heterocycles. The first-order valence-electron chi connectivity index (χ1n) is 8.17. The first kappa shape index (κ1) is 21.7. The molecule has 10 nitrogen and oxygen atoms in total. The second-order valence-corrected chi connectivity index (χ2v) is 8.49. The molecular weight excluding hydrogens is 408 g/mol. The lowest BCUT2D eigenvalue weighted by Crippen LogP contribution is -2.47. The van der Waals surface area contributed by atoms with Gasteiger partial charge in [0.2, 0.25) is 21.1 Å². The number of amides is 1. The molecule has 1 fully saturated rings. The van der Waals surface area contributed by atoms with Gasteiger partial charge in [0.1, 0.15) is 11.6 Å². The molecule has 0 atom stereocenters. The van der Waals surface area contributed by atoms with Crippen molar-refractivity contribution in [3.8, 4) is 10.6 Å². The fourth-order valence-electron chi connectivity index (χ4n) is 2.38. The van der Waals surface area contributed by atoms with E-state index in [0.29, 0.717) is 31.3 Å². The molecule has 0 spiro atoms. The van der Waals surface area contributed by atoms with Crippen molar-refractivity contribution in [2.24, 2.45) is 0 Å². The maximum atomic E-state index is 12.4. The molecule has 0 bridgehead atoms. The Morgan fingerprint density at radius 3 is 2.46 bits per heavy atom. The average Bonchev–Trinajstić information content (AvgIpc) is 3.16. The fraction of sp³-hybridized carbons (Fsp3) is 0.375. The highest BCUT2D eigenvalue weighted by Crippen LogP contribution is 2.29. The van der Waals surface area contributed by atoms with E-state index in [1.165, 1.54) is 0 Å². The van der Waals surface area contributed by atoms with Crippen LogP contribution in [0.3, 0.4) is 0 Å². The molecule has 1 aliphatic heterocycles. The summed E-state index contributed by atoms with van der Waals surface area (Å²) in [6.45, 7) is 1.30. The van der Waals surface area contributed by atoms with Gasteiger partial charge in [-0.1, -0.05) is 41.7 Å². The molecule has 0 radical (unpaired) electrons. The summed E-state index contributed by atoms with van der Waals surface area (Å²) in [6.07, 6.45) is 1.06. The number of nitrogens with zero attached hydrogens (tertiary/aromatic N) is 4. The van der Waals surface area contributed by atoms with Crippen LogP contribution in [-0.4, -0.2) is 80.1 Å². The van der Waals surface area contributed by atoms with Crippen LogP contribution in [0.15, 0.2) is 30.3 Å². The Labute approximate surface area is 166 Å². The number of carbonyl (C=O) groups is 2. The Morgan fingerprint density at radius 2 is 1.89 bits per heavy atom. The van der Waals surface area contributed by atoms with Crippen molar-refractivity contribution < 1.29 is 27.9 Å². The molecule has 1 N–H and O–H groups in total. The monoisotopic (exact) mass is 428 g/mol.